The number of hydrogen-bond acceptors (Lipinski definition) is 2. The molecule has 12 heavy (non-hydrogen) atoms. The molecule has 0 saturated carbocycles. The SMILES string of the molecule is Ic1ccc2c(I)ncnc2c1. The third kappa shape index (κ3) is 1.54. The number of fused-ring (bicyclic) bond motifs is 1. The third-order valence-electron chi connectivity index (χ3n) is 1.55. The zero-order chi connectivity index (χ0) is 8.55. The quantitative estimate of drug-likeness (QED) is 0.518. The average Bonchev–Trinajstić information content (AvgIpc) is 2.04. The lowest BCUT2D eigenvalue weighted by Crippen LogP contribution is -1.86. The normalized spacial score (nSPS) is 10.5. The fourth-order valence-electron chi connectivity index (χ4n) is 0.997. The Kier molecular flexibility index (Phi) is 2.44. The fraction of sp³-hybridized carbons (Fsp3) is 0. The molecule has 0 amide bonds. The van der Waals surface area contributed by atoms with Crippen molar-refractivity contribution in [3.05, 3.63) is 31.8 Å². The van der Waals surface area contributed by atoms with Crippen molar-refractivity contribution >= 4 is 56.1 Å². The van der Waals surface area contributed by atoms with E-state index < -0.39 is 0 Å². The Bertz CT molecular complexity index is 428. The van der Waals surface area contributed by atoms with E-state index >= 15 is 0 Å². The van der Waals surface area contributed by atoms with Gasteiger partial charge in [-0.15, -0.1) is 0 Å². The van der Waals surface area contributed by atoms with Gasteiger partial charge in [-0.1, -0.05) is 0 Å². The molecule has 1 heterocycles. The summed E-state index contributed by atoms with van der Waals surface area (Å²) >= 11 is 4.49. The maximum atomic E-state index is 4.18. The first-order valence-electron chi connectivity index (χ1n) is 3.33. The summed E-state index contributed by atoms with van der Waals surface area (Å²) in [5.74, 6) is 0. The van der Waals surface area contributed by atoms with Crippen molar-refractivity contribution in [2.45, 2.75) is 0 Å². The van der Waals surface area contributed by atoms with Gasteiger partial charge in [0.05, 0.1) is 5.52 Å². The minimum atomic E-state index is 1.01. The van der Waals surface area contributed by atoms with Crippen molar-refractivity contribution in [1.82, 2.24) is 9.97 Å². The molecule has 1 aromatic heterocycles. The zero-order valence-electron chi connectivity index (χ0n) is 5.96. The highest BCUT2D eigenvalue weighted by Crippen LogP contribution is 2.18. The summed E-state index contributed by atoms with van der Waals surface area (Å²) in [7, 11) is 0. The van der Waals surface area contributed by atoms with Gasteiger partial charge in [-0.3, -0.25) is 0 Å². The lowest BCUT2D eigenvalue weighted by Gasteiger charge is -1.98. The van der Waals surface area contributed by atoms with Gasteiger partial charge in [0, 0.05) is 8.96 Å². The number of rotatable bonds is 0. The van der Waals surface area contributed by atoms with Crippen LogP contribution in [0.25, 0.3) is 10.9 Å². The maximum Gasteiger partial charge on any atom is 0.117 e. The average molecular weight is 382 g/mol. The van der Waals surface area contributed by atoms with E-state index in [4.69, 9.17) is 0 Å². The standard InChI is InChI=1S/C8H4I2N2/c9-5-1-2-6-7(3-5)11-4-12-8(6)10/h1-4H. The van der Waals surface area contributed by atoms with Crippen LogP contribution in [0.4, 0.5) is 0 Å². The smallest absolute Gasteiger partial charge is 0.117 e. The van der Waals surface area contributed by atoms with E-state index in [1.807, 2.05) is 0 Å². The first-order valence-corrected chi connectivity index (χ1v) is 5.49. The summed E-state index contributed by atoms with van der Waals surface area (Å²) in [5, 5.41) is 1.12. The van der Waals surface area contributed by atoms with Crippen LogP contribution in [0, 0.1) is 7.27 Å². The second-order valence-corrected chi connectivity index (χ2v) is 4.59. The summed E-state index contributed by atoms with van der Waals surface area (Å²) in [6, 6.07) is 6.17. The van der Waals surface area contributed by atoms with E-state index in [0.29, 0.717) is 0 Å². The van der Waals surface area contributed by atoms with Crippen molar-refractivity contribution in [1.29, 1.82) is 0 Å². The number of aromatic nitrogens is 2. The molecule has 0 unspecified atom stereocenters. The van der Waals surface area contributed by atoms with Crippen molar-refractivity contribution in [3.63, 3.8) is 0 Å². The topological polar surface area (TPSA) is 25.8 Å². The number of benzene rings is 1. The third-order valence-corrected chi connectivity index (χ3v) is 3.08. The molecule has 0 bridgehead atoms. The van der Waals surface area contributed by atoms with Crippen LogP contribution in [0.15, 0.2) is 24.5 Å². The summed E-state index contributed by atoms with van der Waals surface area (Å²) in [4.78, 5) is 8.29. The van der Waals surface area contributed by atoms with Gasteiger partial charge >= 0.3 is 0 Å². The Hall–Kier alpha value is 0.0200. The zero-order valence-corrected chi connectivity index (χ0v) is 10.3. The van der Waals surface area contributed by atoms with Crippen LogP contribution >= 0.6 is 45.2 Å². The van der Waals surface area contributed by atoms with Gasteiger partial charge in [-0.05, 0) is 63.4 Å². The molecule has 2 nitrogen and oxygen atoms in total. The van der Waals surface area contributed by atoms with Gasteiger partial charge in [-0.2, -0.15) is 0 Å². The molecule has 1 aromatic carbocycles. The molecule has 2 rings (SSSR count). The Labute approximate surface area is 97.1 Å². The first kappa shape index (κ1) is 8.61. The molecule has 4 heteroatoms. The van der Waals surface area contributed by atoms with Crippen LogP contribution in [0.1, 0.15) is 0 Å². The second-order valence-electron chi connectivity index (χ2n) is 2.33. The minimum Gasteiger partial charge on any atom is -0.236 e. The summed E-state index contributed by atoms with van der Waals surface area (Å²) in [6.07, 6.45) is 1.60. The Balaban J connectivity index is 2.86. The lowest BCUT2D eigenvalue weighted by atomic mass is 10.2. The van der Waals surface area contributed by atoms with Crippen molar-refractivity contribution in [2.75, 3.05) is 0 Å². The minimum absolute atomic E-state index is 1.01. The molecule has 0 aliphatic carbocycles. The highest BCUT2D eigenvalue weighted by Gasteiger charge is 1.99. The maximum absolute atomic E-state index is 4.18. The van der Waals surface area contributed by atoms with Crippen LogP contribution in [0.5, 0.6) is 0 Å². The summed E-state index contributed by atoms with van der Waals surface area (Å²) in [5.41, 5.74) is 1.02. The molecular formula is C8H4I2N2. The van der Waals surface area contributed by atoms with Gasteiger partial charge in [-0.25, -0.2) is 9.97 Å². The van der Waals surface area contributed by atoms with Crippen molar-refractivity contribution in [3.8, 4) is 0 Å². The van der Waals surface area contributed by atoms with Gasteiger partial charge in [0.15, 0.2) is 0 Å². The molecule has 0 atom stereocenters. The van der Waals surface area contributed by atoms with E-state index in [9.17, 15) is 0 Å². The summed E-state index contributed by atoms with van der Waals surface area (Å²) in [6.45, 7) is 0. The second kappa shape index (κ2) is 3.41. The van der Waals surface area contributed by atoms with Gasteiger partial charge < -0.3 is 0 Å². The van der Waals surface area contributed by atoms with Gasteiger partial charge in [0.25, 0.3) is 0 Å². The Morgan fingerprint density at radius 1 is 1.08 bits per heavy atom. The molecule has 0 spiro atoms. The van der Waals surface area contributed by atoms with Crippen LogP contribution in [0.3, 0.4) is 0 Å². The molecule has 0 aliphatic rings. The van der Waals surface area contributed by atoms with Crippen molar-refractivity contribution < 1.29 is 0 Å². The van der Waals surface area contributed by atoms with Crippen LogP contribution < -0.4 is 0 Å². The van der Waals surface area contributed by atoms with E-state index in [-0.39, 0.29) is 0 Å². The number of nitrogens with zero attached hydrogens (tertiary/aromatic N) is 2. The Morgan fingerprint density at radius 2 is 1.92 bits per heavy atom. The highest BCUT2D eigenvalue weighted by molar-refractivity contribution is 14.1. The van der Waals surface area contributed by atoms with Crippen LogP contribution in [-0.2, 0) is 0 Å². The fourth-order valence-corrected chi connectivity index (χ4v) is 2.05. The molecule has 0 saturated heterocycles. The van der Waals surface area contributed by atoms with Crippen LogP contribution in [-0.4, -0.2) is 9.97 Å². The lowest BCUT2D eigenvalue weighted by molar-refractivity contribution is 1.19. The molecule has 0 radical (unpaired) electrons. The van der Waals surface area contributed by atoms with Gasteiger partial charge in [0.2, 0.25) is 0 Å². The largest absolute Gasteiger partial charge is 0.236 e. The van der Waals surface area contributed by atoms with Gasteiger partial charge in [0.1, 0.15) is 10.0 Å². The molecule has 0 fully saturated rings. The highest BCUT2D eigenvalue weighted by atomic mass is 127. The van der Waals surface area contributed by atoms with Crippen LogP contribution in [0.2, 0.25) is 0 Å². The molecule has 2 aromatic rings. The Morgan fingerprint density at radius 3 is 2.75 bits per heavy atom. The van der Waals surface area contributed by atoms with E-state index in [2.05, 4.69) is 73.3 Å². The summed E-state index contributed by atoms with van der Waals surface area (Å²) < 4.78 is 2.21. The molecular weight excluding hydrogens is 378 g/mol. The monoisotopic (exact) mass is 382 g/mol. The predicted molar refractivity (Wildman–Crippen MR) is 65.0 cm³/mol. The molecule has 0 aliphatic heterocycles. The number of halogens is 2. The first-order chi connectivity index (χ1) is 5.77. The van der Waals surface area contributed by atoms with E-state index in [1.165, 1.54) is 3.57 Å². The molecule has 0 N–H and O–H groups in total. The number of hydrogen-bond donors (Lipinski definition) is 0. The molecule has 60 valence electrons. The predicted octanol–water partition coefficient (Wildman–Crippen LogP) is 2.84. The van der Waals surface area contributed by atoms with E-state index in [1.54, 1.807) is 6.33 Å². The van der Waals surface area contributed by atoms with E-state index in [0.717, 1.165) is 14.6 Å². The van der Waals surface area contributed by atoms with Crippen molar-refractivity contribution in [2.24, 2.45) is 0 Å².